The summed E-state index contributed by atoms with van der Waals surface area (Å²) in [5.74, 6) is 4.68. The van der Waals surface area contributed by atoms with Crippen LogP contribution in [0.1, 0.15) is 44.7 Å². The van der Waals surface area contributed by atoms with E-state index < -0.39 is 0 Å². The van der Waals surface area contributed by atoms with E-state index in [1.54, 1.807) is 0 Å². The topological polar surface area (TPSA) is 73.6 Å². The van der Waals surface area contributed by atoms with Crippen molar-refractivity contribution in [1.29, 1.82) is 0 Å². The highest BCUT2D eigenvalue weighted by Gasteiger charge is 2.13. The number of hydrogen-bond acceptors (Lipinski definition) is 4. The molecule has 118 valence electrons. The Bertz CT molecular complexity index is 438. The molecule has 1 atom stereocenters. The first-order chi connectivity index (χ1) is 9.83. The average Bonchev–Trinajstić information content (AvgIpc) is 2.44. The summed E-state index contributed by atoms with van der Waals surface area (Å²) in [6, 6.07) is 7.76. The quantitative estimate of drug-likeness (QED) is 0.349. The normalized spacial score (nSPS) is 13.0. The molecular weight excluding hydrogens is 268 g/mol. The second-order valence-electron chi connectivity index (χ2n) is 5.99. The zero-order chi connectivity index (χ0) is 15.9. The van der Waals surface area contributed by atoms with Crippen LogP contribution in [0.15, 0.2) is 24.3 Å². The highest BCUT2D eigenvalue weighted by Crippen LogP contribution is 2.16. The molecule has 0 saturated carbocycles. The van der Waals surface area contributed by atoms with E-state index in [4.69, 9.17) is 15.3 Å². The van der Waals surface area contributed by atoms with Crippen molar-refractivity contribution < 1.29 is 14.3 Å². The average molecular weight is 294 g/mol. The fraction of sp³-hybridized carbons (Fsp3) is 0.562. The second-order valence-corrected chi connectivity index (χ2v) is 5.99. The van der Waals surface area contributed by atoms with Gasteiger partial charge in [-0.3, -0.25) is 10.2 Å². The summed E-state index contributed by atoms with van der Waals surface area (Å²) < 4.78 is 11.1. The minimum absolute atomic E-state index is 0.134. The number of carbonyl (C=O) groups is 1. The third-order valence-electron chi connectivity index (χ3n) is 3.05. The smallest absolute Gasteiger partial charge is 0.241 e. The molecule has 1 unspecified atom stereocenters. The van der Waals surface area contributed by atoms with E-state index in [1.807, 2.05) is 52.0 Å². The van der Waals surface area contributed by atoms with Gasteiger partial charge < -0.3 is 9.47 Å². The first-order valence-corrected chi connectivity index (χ1v) is 7.14. The molecule has 0 aliphatic rings. The van der Waals surface area contributed by atoms with Crippen molar-refractivity contribution in [2.24, 2.45) is 5.84 Å². The first-order valence-electron chi connectivity index (χ1n) is 7.14. The van der Waals surface area contributed by atoms with E-state index in [0.717, 1.165) is 11.1 Å². The predicted octanol–water partition coefficient (Wildman–Crippen LogP) is 2.11. The summed E-state index contributed by atoms with van der Waals surface area (Å²) in [7, 11) is 0. The van der Waals surface area contributed by atoms with Crippen LogP contribution in [0.2, 0.25) is 0 Å². The van der Waals surface area contributed by atoms with Crippen molar-refractivity contribution in [1.82, 2.24) is 5.43 Å². The van der Waals surface area contributed by atoms with E-state index in [1.165, 1.54) is 0 Å². The molecule has 0 bridgehead atoms. The molecule has 1 aromatic rings. The molecule has 0 aliphatic heterocycles. The van der Waals surface area contributed by atoms with Gasteiger partial charge in [-0.05, 0) is 38.8 Å². The van der Waals surface area contributed by atoms with Gasteiger partial charge in [-0.15, -0.1) is 0 Å². The lowest BCUT2D eigenvalue weighted by Crippen LogP contribution is -2.33. The third-order valence-corrected chi connectivity index (χ3v) is 3.05. The van der Waals surface area contributed by atoms with E-state index >= 15 is 0 Å². The summed E-state index contributed by atoms with van der Waals surface area (Å²) >= 11 is 0. The number of rotatable bonds is 7. The number of nitrogens with one attached hydrogen (secondary N) is 1. The Hall–Kier alpha value is -1.43. The molecule has 1 rings (SSSR count). The van der Waals surface area contributed by atoms with Crippen molar-refractivity contribution in [3.8, 4) is 0 Å². The fourth-order valence-electron chi connectivity index (χ4n) is 1.78. The Labute approximate surface area is 126 Å². The van der Waals surface area contributed by atoms with Gasteiger partial charge in [0.15, 0.2) is 0 Å². The van der Waals surface area contributed by atoms with Gasteiger partial charge in [0.2, 0.25) is 5.91 Å². The molecule has 0 spiro atoms. The first kappa shape index (κ1) is 17.6. The number of hydrogen-bond donors (Lipinski definition) is 2. The van der Waals surface area contributed by atoms with Crippen LogP contribution in [0.25, 0.3) is 0 Å². The van der Waals surface area contributed by atoms with Crippen molar-refractivity contribution in [2.75, 3.05) is 13.2 Å². The zero-order valence-corrected chi connectivity index (χ0v) is 13.3. The summed E-state index contributed by atoms with van der Waals surface area (Å²) in [6.45, 7) is 9.54. The number of amides is 1. The van der Waals surface area contributed by atoms with Gasteiger partial charge in [0.05, 0.1) is 31.3 Å². The molecular formula is C16H26N2O3. The van der Waals surface area contributed by atoms with Crippen LogP contribution in [0.3, 0.4) is 0 Å². The molecule has 0 heterocycles. The number of ether oxygens (including phenoxy) is 2. The van der Waals surface area contributed by atoms with E-state index in [-0.39, 0.29) is 17.4 Å². The molecule has 0 radical (unpaired) electrons. The van der Waals surface area contributed by atoms with Crippen LogP contribution in [-0.4, -0.2) is 24.7 Å². The Morgan fingerprint density at radius 3 is 2.38 bits per heavy atom. The molecule has 1 aromatic carbocycles. The highest BCUT2D eigenvalue weighted by atomic mass is 16.5. The summed E-state index contributed by atoms with van der Waals surface area (Å²) in [6.07, 6.45) is 0. The minimum Gasteiger partial charge on any atom is -0.374 e. The van der Waals surface area contributed by atoms with Crippen molar-refractivity contribution >= 4 is 5.91 Å². The van der Waals surface area contributed by atoms with Crippen LogP contribution in [0, 0.1) is 0 Å². The lowest BCUT2D eigenvalue weighted by Gasteiger charge is -2.19. The monoisotopic (exact) mass is 294 g/mol. The van der Waals surface area contributed by atoms with E-state index in [2.05, 4.69) is 5.43 Å². The van der Waals surface area contributed by atoms with Crippen molar-refractivity contribution in [3.05, 3.63) is 35.4 Å². The minimum atomic E-state index is -0.259. The summed E-state index contributed by atoms with van der Waals surface area (Å²) in [4.78, 5) is 11.4. The van der Waals surface area contributed by atoms with Crippen LogP contribution in [0.5, 0.6) is 0 Å². The zero-order valence-electron chi connectivity index (χ0n) is 13.3. The lowest BCUT2D eigenvalue weighted by atomic mass is 9.99. The van der Waals surface area contributed by atoms with E-state index in [0.29, 0.717) is 19.8 Å². The van der Waals surface area contributed by atoms with Gasteiger partial charge in [-0.1, -0.05) is 24.3 Å². The van der Waals surface area contributed by atoms with Gasteiger partial charge in [-0.25, -0.2) is 5.84 Å². The Morgan fingerprint density at radius 2 is 1.86 bits per heavy atom. The maximum absolute atomic E-state index is 11.4. The fourth-order valence-corrected chi connectivity index (χ4v) is 1.78. The molecule has 0 saturated heterocycles. The maximum atomic E-state index is 11.4. The van der Waals surface area contributed by atoms with Crippen molar-refractivity contribution in [3.63, 3.8) is 0 Å². The summed E-state index contributed by atoms with van der Waals surface area (Å²) in [5.41, 5.74) is 4.02. The van der Waals surface area contributed by atoms with Crippen LogP contribution < -0.4 is 11.3 Å². The molecule has 0 aromatic heterocycles. The molecule has 0 fully saturated rings. The van der Waals surface area contributed by atoms with Crippen molar-refractivity contribution in [2.45, 2.75) is 45.8 Å². The lowest BCUT2D eigenvalue weighted by molar-refractivity contribution is -0.122. The largest absolute Gasteiger partial charge is 0.374 e. The maximum Gasteiger partial charge on any atom is 0.241 e. The molecule has 3 N–H and O–H groups in total. The number of nitrogens with two attached hydrogens (primary N) is 1. The molecule has 0 aliphatic carbocycles. The Balaban J connectivity index is 2.36. The standard InChI is InChI=1S/C16H26N2O3/c1-12(15(19)18-17)14-7-5-13(6-8-14)11-20-9-10-21-16(2,3)4/h5-8,12H,9-11,17H2,1-4H3,(H,18,19). The van der Waals surface area contributed by atoms with Gasteiger partial charge in [0, 0.05) is 0 Å². The highest BCUT2D eigenvalue weighted by molar-refractivity contribution is 5.82. The predicted molar refractivity (Wildman–Crippen MR) is 82.5 cm³/mol. The van der Waals surface area contributed by atoms with E-state index in [9.17, 15) is 4.79 Å². The van der Waals surface area contributed by atoms with Crippen LogP contribution >= 0.6 is 0 Å². The van der Waals surface area contributed by atoms with Gasteiger partial charge >= 0.3 is 0 Å². The summed E-state index contributed by atoms with van der Waals surface area (Å²) in [5, 5.41) is 0. The number of benzene rings is 1. The Morgan fingerprint density at radius 1 is 1.24 bits per heavy atom. The van der Waals surface area contributed by atoms with Gasteiger partial charge in [0.1, 0.15) is 0 Å². The second kappa shape index (κ2) is 8.12. The Kier molecular flexibility index (Phi) is 6.81. The SMILES string of the molecule is CC(C(=O)NN)c1ccc(COCCOC(C)(C)C)cc1. The third kappa shape index (κ3) is 6.71. The van der Waals surface area contributed by atoms with Gasteiger partial charge in [-0.2, -0.15) is 0 Å². The molecule has 21 heavy (non-hydrogen) atoms. The number of carbonyl (C=O) groups excluding carboxylic acids is 1. The molecule has 1 amide bonds. The van der Waals surface area contributed by atoms with Crippen LogP contribution in [-0.2, 0) is 20.9 Å². The molecule has 5 nitrogen and oxygen atoms in total. The number of hydrazine groups is 1. The van der Waals surface area contributed by atoms with Gasteiger partial charge in [0.25, 0.3) is 0 Å². The van der Waals surface area contributed by atoms with Crippen LogP contribution in [0.4, 0.5) is 0 Å². The molecule has 5 heteroatoms.